The smallest absolute Gasteiger partial charge is 0.367 e. The number of carbonyl (C=O) groups excluding carboxylic acids is 1. The maximum Gasteiger partial charge on any atom is 0.411 e. The van der Waals surface area contributed by atoms with E-state index in [2.05, 4.69) is 10.1 Å². The van der Waals surface area contributed by atoms with E-state index in [1.165, 1.54) is 19.3 Å². The highest BCUT2D eigenvalue weighted by atomic mass is 19.4. The Kier molecular flexibility index (Phi) is 7.11. The zero-order valence-electron chi connectivity index (χ0n) is 14.4. The average molecular weight is 358 g/mol. The number of carbonyl (C=O) groups is 1. The van der Waals surface area contributed by atoms with Gasteiger partial charge in [-0.25, -0.2) is 4.79 Å². The maximum absolute atomic E-state index is 12.2. The highest BCUT2D eigenvalue weighted by molar-refractivity contribution is 5.74. The Labute approximate surface area is 146 Å². The molecule has 25 heavy (non-hydrogen) atoms. The van der Waals surface area contributed by atoms with Gasteiger partial charge in [-0.15, -0.1) is 0 Å². The predicted octanol–water partition coefficient (Wildman–Crippen LogP) is 4.24. The van der Waals surface area contributed by atoms with E-state index < -0.39 is 12.8 Å². The summed E-state index contributed by atoms with van der Waals surface area (Å²) in [5, 5.41) is 2.89. The van der Waals surface area contributed by atoms with Crippen LogP contribution >= 0.6 is 0 Å². The molecule has 1 aliphatic carbocycles. The van der Waals surface area contributed by atoms with Gasteiger partial charge in [-0.2, -0.15) is 13.2 Å². The topological polar surface area (TPSA) is 41.6 Å². The van der Waals surface area contributed by atoms with Crippen molar-refractivity contribution in [1.82, 2.24) is 10.2 Å². The van der Waals surface area contributed by atoms with Gasteiger partial charge in [0.15, 0.2) is 0 Å². The van der Waals surface area contributed by atoms with E-state index in [0.29, 0.717) is 18.2 Å². The Morgan fingerprint density at radius 2 is 1.76 bits per heavy atom. The molecule has 0 saturated heterocycles. The van der Waals surface area contributed by atoms with E-state index in [1.807, 2.05) is 7.05 Å². The minimum Gasteiger partial charge on any atom is -0.367 e. The van der Waals surface area contributed by atoms with Crippen LogP contribution in [0.3, 0.4) is 0 Å². The summed E-state index contributed by atoms with van der Waals surface area (Å²) >= 11 is 0. The van der Waals surface area contributed by atoms with E-state index in [9.17, 15) is 18.0 Å². The van der Waals surface area contributed by atoms with Gasteiger partial charge in [0.25, 0.3) is 0 Å². The molecule has 1 N–H and O–H groups in total. The second-order valence-corrected chi connectivity index (χ2v) is 6.49. The van der Waals surface area contributed by atoms with E-state index >= 15 is 0 Å². The normalized spacial score (nSPS) is 15.8. The predicted molar refractivity (Wildman–Crippen MR) is 89.0 cm³/mol. The van der Waals surface area contributed by atoms with Crippen molar-refractivity contribution < 1.29 is 22.7 Å². The van der Waals surface area contributed by atoms with Crippen molar-refractivity contribution in [2.45, 2.75) is 57.5 Å². The average Bonchev–Trinajstić information content (AvgIpc) is 2.60. The fraction of sp³-hybridized carbons (Fsp3) is 0.611. The van der Waals surface area contributed by atoms with Crippen molar-refractivity contribution >= 4 is 6.03 Å². The summed E-state index contributed by atoms with van der Waals surface area (Å²) in [6, 6.07) is 7.21. The molecular weight excluding hydrogens is 333 g/mol. The Balaban J connectivity index is 1.74. The molecule has 7 heteroatoms. The van der Waals surface area contributed by atoms with Gasteiger partial charge in [-0.3, -0.25) is 0 Å². The lowest BCUT2D eigenvalue weighted by atomic mass is 9.95. The van der Waals surface area contributed by atoms with Crippen molar-refractivity contribution in [3.05, 3.63) is 35.4 Å². The van der Waals surface area contributed by atoms with Crippen LogP contribution in [0.1, 0.15) is 43.2 Å². The van der Waals surface area contributed by atoms with Gasteiger partial charge < -0.3 is 15.0 Å². The molecule has 1 aromatic rings. The molecule has 0 atom stereocenters. The monoisotopic (exact) mass is 358 g/mol. The molecule has 0 radical (unpaired) electrons. The molecule has 0 spiro atoms. The molecule has 140 valence electrons. The molecule has 1 aromatic carbocycles. The first-order valence-corrected chi connectivity index (χ1v) is 8.58. The second kappa shape index (κ2) is 9.08. The number of urea groups is 1. The maximum atomic E-state index is 12.2. The number of alkyl halides is 3. The van der Waals surface area contributed by atoms with Crippen molar-refractivity contribution in [2.75, 3.05) is 13.7 Å². The van der Waals surface area contributed by atoms with Gasteiger partial charge in [-0.05, 0) is 24.0 Å². The number of ether oxygens (including phenoxy) is 1. The minimum atomic E-state index is -4.31. The molecule has 4 nitrogen and oxygen atoms in total. The van der Waals surface area contributed by atoms with Crippen LogP contribution in [0.5, 0.6) is 0 Å². The molecule has 0 bridgehead atoms. The third kappa shape index (κ3) is 6.94. The largest absolute Gasteiger partial charge is 0.411 e. The van der Waals surface area contributed by atoms with Crippen LogP contribution in [0.2, 0.25) is 0 Å². The van der Waals surface area contributed by atoms with Gasteiger partial charge >= 0.3 is 12.2 Å². The number of nitrogens with zero attached hydrogens (tertiary/aromatic N) is 1. The summed E-state index contributed by atoms with van der Waals surface area (Å²) in [5.41, 5.74) is 1.56. The highest BCUT2D eigenvalue weighted by Gasteiger charge is 2.27. The van der Waals surface area contributed by atoms with E-state index in [1.54, 1.807) is 29.2 Å². The standard InChI is InChI=1S/C18H25F3N2O2/c1-23(16-5-3-2-4-6-16)17(24)22-11-14-7-9-15(10-8-14)12-25-13-18(19,20)21/h7-10,16H,2-6,11-13H2,1H3,(H,22,24). The van der Waals surface area contributed by atoms with Crippen LogP contribution in [0, 0.1) is 0 Å². The molecule has 1 fully saturated rings. The third-order valence-corrected chi connectivity index (χ3v) is 4.44. The second-order valence-electron chi connectivity index (χ2n) is 6.49. The molecule has 2 amide bonds. The molecule has 2 rings (SSSR count). The molecule has 1 aliphatic rings. The first-order chi connectivity index (χ1) is 11.8. The van der Waals surface area contributed by atoms with Gasteiger partial charge in [0.2, 0.25) is 0 Å². The van der Waals surface area contributed by atoms with Gasteiger partial charge in [0, 0.05) is 19.6 Å². The molecule has 0 heterocycles. The van der Waals surface area contributed by atoms with Crippen LogP contribution < -0.4 is 5.32 Å². The quantitative estimate of drug-likeness (QED) is 0.826. The summed E-state index contributed by atoms with van der Waals surface area (Å²) < 4.78 is 40.7. The summed E-state index contributed by atoms with van der Waals surface area (Å²) in [4.78, 5) is 14.0. The van der Waals surface area contributed by atoms with Crippen molar-refractivity contribution in [1.29, 1.82) is 0 Å². The van der Waals surface area contributed by atoms with Gasteiger partial charge in [0.1, 0.15) is 6.61 Å². The lowest BCUT2D eigenvalue weighted by Gasteiger charge is -2.31. The summed E-state index contributed by atoms with van der Waals surface area (Å²) in [5.74, 6) is 0. The van der Waals surface area contributed by atoms with Gasteiger partial charge in [0.05, 0.1) is 6.61 Å². The third-order valence-electron chi connectivity index (χ3n) is 4.44. The van der Waals surface area contributed by atoms with E-state index in [-0.39, 0.29) is 12.6 Å². The summed E-state index contributed by atoms with van der Waals surface area (Å²) in [7, 11) is 1.83. The molecule has 1 saturated carbocycles. The fourth-order valence-electron chi connectivity index (χ4n) is 2.97. The van der Waals surface area contributed by atoms with Gasteiger partial charge in [-0.1, -0.05) is 43.5 Å². The van der Waals surface area contributed by atoms with Crippen LogP contribution in [-0.2, 0) is 17.9 Å². The van der Waals surface area contributed by atoms with Crippen molar-refractivity contribution in [3.8, 4) is 0 Å². The zero-order chi connectivity index (χ0) is 18.3. The Morgan fingerprint density at radius 3 is 2.36 bits per heavy atom. The number of rotatable bonds is 6. The number of amides is 2. The Hall–Kier alpha value is -1.76. The Morgan fingerprint density at radius 1 is 1.16 bits per heavy atom. The van der Waals surface area contributed by atoms with Crippen LogP contribution in [0.25, 0.3) is 0 Å². The van der Waals surface area contributed by atoms with Crippen molar-refractivity contribution in [3.63, 3.8) is 0 Å². The number of halogens is 3. The molecule has 0 aliphatic heterocycles. The Bertz CT molecular complexity index is 540. The summed E-state index contributed by atoms with van der Waals surface area (Å²) in [6.07, 6.45) is 1.37. The number of hydrogen-bond acceptors (Lipinski definition) is 2. The number of hydrogen-bond donors (Lipinski definition) is 1. The highest BCUT2D eigenvalue weighted by Crippen LogP contribution is 2.21. The molecule has 0 unspecified atom stereocenters. The fourth-order valence-corrected chi connectivity index (χ4v) is 2.97. The SMILES string of the molecule is CN(C(=O)NCc1ccc(COCC(F)(F)F)cc1)C1CCCCC1. The van der Waals surface area contributed by atoms with Crippen LogP contribution in [0.15, 0.2) is 24.3 Å². The summed E-state index contributed by atoms with van der Waals surface area (Å²) in [6.45, 7) is -0.950. The van der Waals surface area contributed by atoms with E-state index in [0.717, 1.165) is 18.4 Å². The van der Waals surface area contributed by atoms with Crippen LogP contribution in [0.4, 0.5) is 18.0 Å². The van der Waals surface area contributed by atoms with Crippen molar-refractivity contribution in [2.24, 2.45) is 0 Å². The van der Waals surface area contributed by atoms with E-state index in [4.69, 9.17) is 0 Å². The molecular formula is C18H25F3N2O2. The first-order valence-electron chi connectivity index (χ1n) is 8.58. The minimum absolute atomic E-state index is 0.0867. The lowest BCUT2D eigenvalue weighted by Crippen LogP contribution is -2.44. The first kappa shape index (κ1) is 19.6. The zero-order valence-corrected chi connectivity index (χ0v) is 14.4. The molecule has 0 aromatic heterocycles. The number of benzene rings is 1. The number of nitrogens with one attached hydrogen (secondary N) is 1. The lowest BCUT2D eigenvalue weighted by molar-refractivity contribution is -0.176. The van der Waals surface area contributed by atoms with Crippen LogP contribution in [-0.4, -0.2) is 36.8 Å².